The first-order valence-corrected chi connectivity index (χ1v) is 6.86. The SMILES string of the molecule is CC(C)C(=O)n1c(=O)ccn([C@@H]2O[C@](F)(CO)[C@@H](O)[C@H]2O)c1=O. The Balaban J connectivity index is 2.55. The molecule has 1 fully saturated rings. The summed E-state index contributed by atoms with van der Waals surface area (Å²) in [7, 11) is 0. The molecule has 0 spiro atoms. The Hall–Kier alpha value is -1.88. The summed E-state index contributed by atoms with van der Waals surface area (Å²) in [5, 5.41) is 28.4. The topological polar surface area (TPSA) is 131 Å². The number of aliphatic hydroxyl groups is 3. The summed E-state index contributed by atoms with van der Waals surface area (Å²) in [6, 6.07) is 0.876. The molecule has 10 heteroatoms. The molecule has 3 N–H and O–H groups in total. The minimum Gasteiger partial charge on any atom is -0.390 e. The van der Waals surface area contributed by atoms with Crippen molar-refractivity contribution in [2.45, 2.75) is 38.1 Å². The molecule has 9 nitrogen and oxygen atoms in total. The van der Waals surface area contributed by atoms with Gasteiger partial charge in [0.15, 0.2) is 6.23 Å². The largest absolute Gasteiger partial charge is 0.390 e. The van der Waals surface area contributed by atoms with Crippen molar-refractivity contribution in [3.8, 4) is 0 Å². The number of hydrogen-bond acceptors (Lipinski definition) is 7. The van der Waals surface area contributed by atoms with E-state index >= 15 is 0 Å². The zero-order valence-corrected chi connectivity index (χ0v) is 12.4. The molecule has 128 valence electrons. The first kappa shape index (κ1) is 17.5. The molecule has 0 saturated carbocycles. The van der Waals surface area contributed by atoms with Gasteiger partial charge in [0.25, 0.3) is 11.4 Å². The lowest BCUT2D eigenvalue weighted by Crippen LogP contribution is -2.46. The van der Waals surface area contributed by atoms with Crippen LogP contribution in [-0.4, -0.2) is 55.0 Å². The van der Waals surface area contributed by atoms with Crippen molar-refractivity contribution < 1.29 is 29.2 Å². The van der Waals surface area contributed by atoms with Crippen LogP contribution in [0.3, 0.4) is 0 Å². The molecule has 0 aliphatic carbocycles. The number of carbonyl (C=O) groups is 1. The highest BCUT2D eigenvalue weighted by molar-refractivity contribution is 5.80. The van der Waals surface area contributed by atoms with E-state index in [1.165, 1.54) is 13.8 Å². The highest BCUT2D eigenvalue weighted by Crippen LogP contribution is 2.37. The fraction of sp³-hybridized carbons (Fsp3) is 0.615. The molecule has 1 saturated heterocycles. The van der Waals surface area contributed by atoms with Crippen LogP contribution >= 0.6 is 0 Å². The van der Waals surface area contributed by atoms with E-state index in [1.807, 2.05) is 0 Å². The normalized spacial score (nSPS) is 30.8. The molecule has 0 amide bonds. The van der Waals surface area contributed by atoms with Crippen LogP contribution < -0.4 is 11.2 Å². The summed E-state index contributed by atoms with van der Waals surface area (Å²) in [5.74, 6) is -4.41. The third kappa shape index (κ3) is 2.74. The molecule has 4 atom stereocenters. The van der Waals surface area contributed by atoms with Gasteiger partial charge in [-0.05, 0) is 0 Å². The summed E-state index contributed by atoms with van der Waals surface area (Å²) in [4.78, 5) is 36.0. The van der Waals surface area contributed by atoms with Crippen LogP contribution in [0, 0.1) is 5.92 Å². The lowest BCUT2D eigenvalue weighted by Gasteiger charge is -2.20. The van der Waals surface area contributed by atoms with Gasteiger partial charge in [-0.15, -0.1) is 0 Å². The second-order valence-electron chi connectivity index (χ2n) is 5.56. The molecule has 1 aliphatic rings. The predicted molar refractivity (Wildman–Crippen MR) is 73.5 cm³/mol. The van der Waals surface area contributed by atoms with Gasteiger partial charge in [0.1, 0.15) is 18.8 Å². The average Bonchev–Trinajstić information content (AvgIpc) is 2.72. The number of rotatable bonds is 3. The summed E-state index contributed by atoms with van der Waals surface area (Å²) < 4.78 is 19.8. The third-order valence-corrected chi connectivity index (χ3v) is 3.59. The second-order valence-corrected chi connectivity index (χ2v) is 5.56. The van der Waals surface area contributed by atoms with E-state index in [-0.39, 0.29) is 0 Å². The zero-order chi connectivity index (χ0) is 17.5. The molecular formula is C13H17FN2O7. The lowest BCUT2D eigenvalue weighted by atomic mass is 10.1. The Morgan fingerprint density at radius 2 is 2.04 bits per heavy atom. The maximum atomic E-state index is 14.1. The Morgan fingerprint density at radius 3 is 2.52 bits per heavy atom. The van der Waals surface area contributed by atoms with Crippen LogP contribution in [0.15, 0.2) is 21.9 Å². The van der Waals surface area contributed by atoms with Gasteiger partial charge in [0.2, 0.25) is 5.91 Å². The molecule has 2 rings (SSSR count). The Bertz CT molecular complexity index is 728. The first-order chi connectivity index (χ1) is 10.6. The van der Waals surface area contributed by atoms with Gasteiger partial charge >= 0.3 is 5.69 Å². The number of nitrogens with zero attached hydrogens (tertiary/aromatic N) is 2. The van der Waals surface area contributed by atoms with Gasteiger partial charge in [0, 0.05) is 18.2 Å². The zero-order valence-electron chi connectivity index (χ0n) is 12.4. The minimum atomic E-state index is -2.97. The summed E-state index contributed by atoms with van der Waals surface area (Å²) in [6.07, 6.45) is -4.78. The van der Waals surface area contributed by atoms with Gasteiger partial charge in [-0.3, -0.25) is 14.2 Å². The quantitative estimate of drug-likeness (QED) is 0.596. The van der Waals surface area contributed by atoms with E-state index < -0.39 is 54.0 Å². The number of alkyl halides is 1. The van der Waals surface area contributed by atoms with Crippen LogP contribution in [-0.2, 0) is 4.74 Å². The molecule has 23 heavy (non-hydrogen) atoms. The molecule has 1 aliphatic heterocycles. The van der Waals surface area contributed by atoms with Gasteiger partial charge in [0.05, 0.1) is 0 Å². The monoisotopic (exact) mass is 332 g/mol. The fourth-order valence-electron chi connectivity index (χ4n) is 2.25. The van der Waals surface area contributed by atoms with E-state index in [0.29, 0.717) is 9.13 Å². The van der Waals surface area contributed by atoms with Crippen molar-refractivity contribution in [1.82, 2.24) is 9.13 Å². The number of aliphatic hydroxyl groups excluding tert-OH is 3. The molecule has 1 aromatic rings. The van der Waals surface area contributed by atoms with Gasteiger partial charge in [-0.1, -0.05) is 13.8 Å². The van der Waals surface area contributed by atoms with Crippen LogP contribution in [0.5, 0.6) is 0 Å². The van der Waals surface area contributed by atoms with E-state index in [2.05, 4.69) is 0 Å². The smallest absolute Gasteiger partial charge is 0.340 e. The van der Waals surface area contributed by atoms with Crippen molar-refractivity contribution in [3.63, 3.8) is 0 Å². The molecule has 1 aromatic heterocycles. The molecule has 0 radical (unpaired) electrons. The van der Waals surface area contributed by atoms with Crippen molar-refractivity contribution in [1.29, 1.82) is 0 Å². The number of aromatic nitrogens is 2. The summed E-state index contributed by atoms with van der Waals surface area (Å²) in [6.45, 7) is 1.71. The van der Waals surface area contributed by atoms with Crippen molar-refractivity contribution in [2.75, 3.05) is 6.61 Å². The predicted octanol–water partition coefficient (Wildman–Crippen LogP) is -1.79. The van der Waals surface area contributed by atoms with E-state index in [0.717, 1.165) is 12.3 Å². The molecule has 0 bridgehead atoms. The summed E-state index contributed by atoms with van der Waals surface area (Å²) >= 11 is 0. The Morgan fingerprint density at radius 1 is 1.43 bits per heavy atom. The van der Waals surface area contributed by atoms with Crippen LogP contribution in [0.4, 0.5) is 4.39 Å². The number of hydrogen-bond donors (Lipinski definition) is 3. The number of carbonyl (C=O) groups excluding carboxylic acids is 1. The fourth-order valence-corrected chi connectivity index (χ4v) is 2.25. The van der Waals surface area contributed by atoms with Gasteiger partial charge in [-0.2, -0.15) is 4.57 Å². The Labute approximate surface area is 129 Å². The summed E-state index contributed by atoms with van der Waals surface area (Å²) in [5.41, 5.74) is -2.03. The Kier molecular flexibility index (Phi) is 4.53. The van der Waals surface area contributed by atoms with Crippen molar-refractivity contribution in [3.05, 3.63) is 33.1 Å². The first-order valence-electron chi connectivity index (χ1n) is 6.86. The highest BCUT2D eigenvalue weighted by atomic mass is 19.2. The van der Waals surface area contributed by atoms with Crippen LogP contribution in [0.2, 0.25) is 0 Å². The van der Waals surface area contributed by atoms with Gasteiger partial charge in [-0.25, -0.2) is 9.18 Å². The van der Waals surface area contributed by atoms with Crippen LogP contribution in [0.1, 0.15) is 24.9 Å². The van der Waals surface area contributed by atoms with Crippen molar-refractivity contribution in [2.24, 2.45) is 5.92 Å². The molecular weight excluding hydrogens is 315 g/mol. The lowest BCUT2D eigenvalue weighted by molar-refractivity contribution is -0.207. The second kappa shape index (κ2) is 5.96. The standard InChI is InChI=1S/C13H17FN2O7/c1-6(2)10(21)16-7(18)3-4-15(12(16)22)11-8(19)9(20)13(14,5-17)23-11/h3-4,6,8-9,11,17,19-20H,5H2,1-2H3/t8-,9+,11-,13-/m1/s1. The van der Waals surface area contributed by atoms with E-state index in [9.17, 15) is 29.0 Å². The van der Waals surface area contributed by atoms with Gasteiger partial charge < -0.3 is 20.1 Å². The average molecular weight is 332 g/mol. The van der Waals surface area contributed by atoms with Crippen LogP contribution in [0.25, 0.3) is 0 Å². The van der Waals surface area contributed by atoms with E-state index in [1.54, 1.807) is 0 Å². The minimum absolute atomic E-state index is 0.338. The maximum absolute atomic E-state index is 14.1. The number of halogens is 1. The number of ether oxygens (including phenoxy) is 1. The van der Waals surface area contributed by atoms with Crippen molar-refractivity contribution >= 4 is 5.91 Å². The highest BCUT2D eigenvalue weighted by Gasteiger charge is 2.56. The third-order valence-electron chi connectivity index (χ3n) is 3.59. The molecule has 0 unspecified atom stereocenters. The maximum Gasteiger partial charge on any atom is 0.340 e. The molecule has 2 heterocycles. The molecule has 0 aromatic carbocycles. The van der Waals surface area contributed by atoms with E-state index in [4.69, 9.17) is 9.84 Å².